The van der Waals surface area contributed by atoms with Crippen molar-refractivity contribution in [2.45, 2.75) is 31.7 Å². The van der Waals surface area contributed by atoms with E-state index in [0.717, 1.165) is 39.0 Å². The van der Waals surface area contributed by atoms with E-state index in [4.69, 9.17) is 9.84 Å². The maximum Gasteiger partial charge on any atom is 0.304 e. The fourth-order valence-electron chi connectivity index (χ4n) is 2.03. The lowest BCUT2D eigenvalue weighted by Gasteiger charge is -2.22. The molecule has 82 valence electrons. The third kappa shape index (κ3) is 3.64. The van der Waals surface area contributed by atoms with Crippen molar-refractivity contribution in [2.24, 2.45) is 0 Å². The number of carboxylic acids is 1. The van der Waals surface area contributed by atoms with Crippen LogP contribution in [-0.2, 0) is 9.53 Å². The van der Waals surface area contributed by atoms with Crippen LogP contribution in [0.4, 0.5) is 0 Å². The molecule has 1 aliphatic heterocycles. The first-order valence-corrected chi connectivity index (χ1v) is 5.19. The molecule has 1 aliphatic rings. The zero-order valence-electron chi connectivity index (χ0n) is 8.74. The average molecular weight is 201 g/mol. The minimum Gasteiger partial charge on any atom is -0.481 e. The Labute approximate surface area is 84.8 Å². The largest absolute Gasteiger partial charge is 0.481 e. The number of hydrogen-bond acceptors (Lipinski definition) is 3. The van der Waals surface area contributed by atoms with Crippen LogP contribution in [0.25, 0.3) is 0 Å². The molecular weight excluding hydrogens is 182 g/mol. The highest BCUT2D eigenvalue weighted by Crippen LogP contribution is 2.19. The summed E-state index contributed by atoms with van der Waals surface area (Å²) in [4.78, 5) is 12.9. The van der Waals surface area contributed by atoms with Gasteiger partial charge in [-0.1, -0.05) is 0 Å². The predicted molar refractivity (Wildman–Crippen MR) is 53.3 cm³/mol. The van der Waals surface area contributed by atoms with Crippen LogP contribution < -0.4 is 0 Å². The van der Waals surface area contributed by atoms with Crippen molar-refractivity contribution in [1.29, 1.82) is 0 Å². The average Bonchev–Trinajstić information content (AvgIpc) is 2.52. The highest BCUT2D eigenvalue weighted by atomic mass is 16.5. The molecule has 0 aromatic rings. The first-order valence-electron chi connectivity index (χ1n) is 5.19. The lowest BCUT2D eigenvalue weighted by Crippen LogP contribution is -2.32. The van der Waals surface area contributed by atoms with Crippen LogP contribution in [0.2, 0.25) is 0 Å². The van der Waals surface area contributed by atoms with Gasteiger partial charge in [-0.3, -0.25) is 9.69 Å². The van der Waals surface area contributed by atoms with Crippen molar-refractivity contribution in [3.63, 3.8) is 0 Å². The first kappa shape index (κ1) is 11.5. The maximum absolute atomic E-state index is 10.6. The standard InChI is InChI=1S/C10H19NO3/c1-14-7-3-6-11-5-2-4-9(11)8-10(12)13/h9H,2-8H2,1H3,(H,12,13). The number of hydrogen-bond donors (Lipinski definition) is 1. The molecule has 1 N–H and O–H groups in total. The lowest BCUT2D eigenvalue weighted by molar-refractivity contribution is -0.138. The van der Waals surface area contributed by atoms with Crippen LogP contribution in [0.3, 0.4) is 0 Å². The van der Waals surface area contributed by atoms with Crippen molar-refractivity contribution >= 4 is 5.97 Å². The van der Waals surface area contributed by atoms with Gasteiger partial charge in [0.1, 0.15) is 0 Å². The summed E-state index contributed by atoms with van der Waals surface area (Å²) in [5.41, 5.74) is 0. The van der Waals surface area contributed by atoms with Gasteiger partial charge in [-0.05, 0) is 25.8 Å². The van der Waals surface area contributed by atoms with Gasteiger partial charge >= 0.3 is 5.97 Å². The van der Waals surface area contributed by atoms with Gasteiger partial charge in [0.05, 0.1) is 6.42 Å². The van der Waals surface area contributed by atoms with E-state index in [1.807, 2.05) is 0 Å². The minimum absolute atomic E-state index is 0.254. The van der Waals surface area contributed by atoms with Gasteiger partial charge in [-0.2, -0.15) is 0 Å². The van der Waals surface area contributed by atoms with Crippen molar-refractivity contribution < 1.29 is 14.6 Å². The molecule has 4 heteroatoms. The summed E-state index contributed by atoms with van der Waals surface area (Å²) < 4.78 is 4.97. The molecule has 1 rings (SSSR count). The van der Waals surface area contributed by atoms with E-state index in [9.17, 15) is 4.79 Å². The second-order valence-electron chi connectivity index (χ2n) is 3.78. The Morgan fingerprint density at radius 1 is 1.64 bits per heavy atom. The van der Waals surface area contributed by atoms with Crippen LogP contribution in [-0.4, -0.2) is 48.8 Å². The molecule has 4 nitrogen and oxygen atoms in total. The molecule has 0 aromatic heterocycles. The number of carboxylic acid groups (broad SMARTS) is 1. The van der Waals surface area contributed by atoms with Crippen molar-refractivity contribution in [3.8, 4) is 0 Å². The number of carbonyl (C=O) groups is 1. The van der Waals surface area contributed by atoms with Gasteiger partial charge in [0.25, 0.3) is 0 Å². The third-order valence-electron chi connectivity index (χ3n) is 2.70. The van der Waals surface area contributed by atoms with E-state index >= 15 is 0 Å². The summed E-state index contributed by atoms with van der Waals surface area (Å²) in [5, 5.41) is 8.71. The molecular formula is C10H19NO3. The summed E-state index contributed by atoms with van der Waals surface area (Å²) in [6.07, 6.45) is 3.43. The van der Waals surface area contributed by atoms with Crippen molar-refractivity contribution in [2.75, 3.05) is 26.8 Å². The second kappa shape index (κ2) is 5.98. The molecule has 0 saturated carbocycles. The zero-order valence-corrected chi connectivity index (χ0v) is 8.74. The van der Waals surface area contributed by atoms with Gasteiger partial charge in [0.15, 0.2) is 0 Å². The molecule has 0 aromatic carbocycles. The summed E-state index contributed by atoms with van der Waals surface area (Å²) in [6.45, 7) is 2.77. The van der Waals surface area contributed by atoms with Gasteiger partial charge in [0, 0.05) is 26.3 Å². The Morgan fingerprint density at radius 3 is 3.07 bits per heavy atom. The monoisotopic (exact) mass is 201 g/mol. The molecule has 0 spiro atoms. The summed E-state index contributed by atoms with van der Waals surface area (Å²) in [6, 6.07) is 0.254. The van der Waals surface area contributed by atoms with Crippen LogP contribution >= 0.6 is 0 Å². The van der Waals surface area contributed by atoms with Gasteiger partial charge in [0.2, 0.25) is 0 Å². The Balaban J connectivity index is 2.24. The van der Waals surface area contributed by atoms with Crippen LogP contribution in [0, 0.1) is 0 Å². The number of aliphatic carboxylic acids is 1. The first-order chi connectivity index (χ1) is 6.74. The molecule has 1 atom stereocenters. The van der Waals surface area contributed by atoms with Crippen LogP contribution in [0.1, 0.15) is 25.7 Å². The molecule has 1 unspecified atom stereocenters. The van der Waals surface area contributed by atoms with Gasteiger partial charge < -0.3 is 9.84 Å². The van der Waals surface area contributed by atoms with Gasteiger partial charge in [-0.25, -0.2) is 0 Å². The Kier molecular flexibility index (Phi) is 4.90. The van der Waals surface area contributed by atoms with Crippen LogP contribution in [0.5, 0.6) is 0 Å². The SMILES string of the molecule is COCCCN1CCCC1CC(=O)O. The van der Waals surface area contributed by atoms with E-state index in [2.05, 4.69) is 4.90 Å². The highest BCUT2D eigenvalue weighted by molar-refractivity contribution is 5.67. The molecule has 1 heterocycles. The smallest absolute Gasteiger partial charge is 0.304 e. The lowest BCUT2D eigenvalue weighted by atomic mass is 10.1. The minimum atomic E-state index is -0.686. The van der Waals surface area contributed by atoms with Crippen LogP contribution in [0.15, 0.2) is 0 Å². The molecule has 14 heavy (non-hydrogen) atoms. The molecule has 0 bridgehead atoms. The predicted octanol–water partition coefficient (Wildman–Crippen LogP) is 0.962. The number of rotatable bonds is 6. The zero-order chi connectivity index (χ0) is 10.4. The van der Waals surface area contributed by atoms with E-state index in [-0.39, 0.29) is 12.5 Å². The Morgan fingerprint density at radius 2 is 2.43 bits per heavy atom. The fourth-order valence-corrected chi connectivity index (χ4v) is 2.03. The van der Waals surface area contributed by atoms with Crippen molar-refractivity contribution in [3.05, 3.63) is 0 Å². The molecule has 1 saturated heterocycles. The van der Waals surface area contributed by atoms with E-state index in [0.29, 0.717) is 0 Å². The summed E-state index contributed by atoms with van der Waals surface area (Å²) in [7, 11) is 1.69. The normalized spacial score (nSPS) is 22.8. The fraction of sp³-hybridized carbons (Fsp3) is 0.900. The van der Waals surface area contributed by atoms with Crippen molar-refractivity contribution in [1.82, 2.24) is 4.90 Å². The molecule has 1 fully saturated rings. The third-order valence-corrected chi connectivity index (χ3v) is 2.70. The number of ether oxygens (including phenoxy) is 1. The topological polar surface area (TPSA) is 49.8 Å². The second-order valence-corrected chi connectivity index (χ2v) is 3.78. The number of methoxy groups -OCH3 is 1. The summed E-state index contributed by atoms with van der Waals surface area (Å²) >= 11 is 0. The van der Waals surface area contributed by atoms with E-state index in [1.54, 1.807) is 7.11 Å². The van der Waals surface area contributed by atoms with E-state index < -0.39 is 5.97 Å². The Bertz CT molecular complexity index is 184. The Hall–Kier alpha value is -0.610. The maximum atomic E-state index is 10.6. The number of likely N-dealkylation sites (tertiary alicyclic amines) is 1. The van der Waals surface area contributed by atoms with Gasteiger partial charge in [-0.15, -0.1) is 0 Å². The molecule has 0 radical (unpaired) electrons. The quantitative estimate of drug-likeness (QED) is 0.650. The highest BCUT2D eigenvalue weighted by Gasteiger charge is 2.25. The number of nitrogens with zero attached hydrogens (tertiary/aromatic N) is 1. The molecule has 0 aliphatic carbocycles. The van der Waals surface area contributed by atoms with E-state index in [1.165, 1.54) is 0 Å². The summed E-state index contributed by atoms with van der Waals surface area (Å²) in [5.74, 6) is -0.686. The molecule has 0 amide bonds.